The average molecular weight is 720 g/mol. The zero-order valence-electron chi connectivity index (χ0n) is 26.6. The first-order valence-corrected chi connectivity index (χ1v) is 14.1. The van der Waals surface area contributed by atoms with Gasteiger partial charge in [-0.05, 0) is 41.5 Å². The maximum atomic E-state index is 17.4. The monoisotopic (exact) mass is 720 g/mol. The molecule has 0 atom stereocenters. The van der Waals surface area contributed by atoms with E-state index in [2.05, 4.69) is 0 Å². The van der Waals surface area contributed by atoms with Gasteiger partial charge < -0.3 is 4.32 Å². The molecule has 0 radical (unpaired) electrons. The largest absolute Gasteiger partial charge is 0.498 e. The summed E-state index contributed by atoms with van der Waals surface area (Å²) in [6.45, 7) is 11.9. The topological polar surface area (TPSA) is 8.81 Å². The van der Waals surface area contributed by atoms with Crippen LogP contribution in [0.1, 0.15) is 52.9 Å². The van der Waals surface area contributed by atoms with Gasteiger partial charge in [-0.15, -0.1) is 0 Å². The third-order valence-corrected chi connectivity index (χ3v) is 8.16. The molecule has 0 N–H and O–H groups in total. The predicted octanol–water partition coefficient (Wildman–Crippen LogP) is 7.45. The molecular formula is C31H24BF15N2. The van der Waals surface area contributed by atoms with Crippen LogP contribution < -0.4 is 21.0 Å². The minimum atomic E-state index is -6.91. The lowest BCUT2D eigenvalue weighted by molar-refractivity contribution is -0.748. The molecule has 0 fully saturated rings. The lowest BCUT2D eigenvalue weighted by atomic mass is 9.30. The Labute approximate surface area is 268 Å². The van der Waals surface area contributed by atoms with E-state index in [1.807, 2.05) is 0 Å². The second-order valence-corrected chi connectivity index (χ2v) is 13.3. The van der Waals surface area contributed by atoms with E-state index in [9.17, 15) is 26.3 Å². The number of hydrogen-bond acceptors (Lipinski definition) is 0. The molecule has 0 aliphatic carbocycles. The molecule has 18 heteroatoms. The molecule has 2 nitrogen and oxygen atoms in total. The van der Waals surface area contributed by atoms with Crippen LogP contribution in [0.2, 0.25) is 0 Å². The maximum Gasteiger partial charge on any atom is 0.296 e. The number of halogens is 15. The fourth-order valence-electron chi connectivity index (χ4n) is 6.18. The van der Waals surface area contributed by atoms with E-state index in [0.29, 0.717) is 0 Å². The molecular weight excluding hydrogens is 696 g/mol. The molecule has 4 aromatic rings. The molecule has 0 aliphatic heterocycles. The van der Waals surface area contributed by atoms with Gasteiger partial charge in [0.1, 0.15) is 62.9 Å². The van der Waals surface area contributed by atoms with Crippen LogP contribution in [0.3, 0.4) is 0 Å². The zero-order chi connectivity index (χ0) is 37.8. The standard InChI is InChI=1S/C31H24BF15N2/c1-9-10(2)49(31(6,7)8)29(48(9)30(3,4)5)11-15(33)17(35)12(18(36)16(11)34)32(47,13-19(37)23(41)27(45)24(42)20(13)38)14-21(39)25(43)28(46)26(44)22(14)40/h1-8H3. The highest BCUT2D eigenvalue weighted by molar-refractivity contribution is 7.07. The average Bonchev–Trinajstić information content (AvgIpc) is 3.26. The van der Waals surface area contributed by atoms with Gasteiger partial charge in [-0.25, -0.2) is 70.6 Å². The summed E-state index contributed by atoms with van der Waals surface area (Å²) in [5.41, 5.74) is -12.9. The van der Waals surface area contributed by atoms with E-state index < -0.39 is 127 Å². The Morgan fingerprint density at radius 1 is 0.449 bits per heavy atom. The van der Waals surface area contributed by atoms with Crippen molar-refractivity contribution in [1.82, 2.24) is 4.57 Å². The molecule has 49 heavy (non-hydrogen) atoms. The van der Waals surface area contributed by atoms with Crippen molar-refractivity contribution in [3.05, 3.63) is 92.8 Å². The first-order valence-electron chi connectivity index (χ1n) is 14.1. The summed E-state index contributed by atoms with van der Waals surface area (Å²) >= 11 is 0. The van der Waals surface area contributed by atoms with Crippen LogP contribution in [0.15, 0.2) is 0 Å². The number of hydrogen-bond donors (Lipinski definition) is 0. The number of imidazole rings is 1. The minimum Gasteiger partial charge on any atom is -0.498 e. The van der Waals surface area contributed by atoms with Crippen LogP contribution in [0.4, 0.5) is 65.8 Å². The molecule has 3 aromatic carbocycles. The Kier molecular flexibility index (Phi) is 9.04. The van der Waals surface area contributed by atoms with E-state index in [-0.39, 0.29) is 11.4 Å². The van der Waals surface area contributed by atoms with Gasteiger partial charge in [0.25, 0.3) is 12.2 Å². The van der Waals surface area contributed by atoms with Crippen molar-refractivity contribution in [3.63, 3.8) is 0 Å². The molecule has 0 spiro atoms. The molecule has 0 unspecified atom stereocenters. The molecule has 1 aromatic heterocycles. The van der Waals surface area contributed by atoms with E-state index in [4.69, 9.17) is 0 Å². The van der Waals surface area contributed by atoms with Gasteiger partial charge in [-0.2, -0.15) is 0 Å². The molecule has 266 valence electrons. The van der Waals surface area contributed by atoms with Crippen LogP contribution in [-0.4, -0.2) is 11.0 Å². The van der Waals surface area contributed by atoms with Crippen molar-refractivity contribution in [2.45, 2.75) is 66.5 Å². The predicted molar refractivity (Wildman–Crippen MR) is 148 cm³/mol. The normalized spacial score (nSPS) is 12.8. The zero-order valence-corrected chi connectivity index (χ0v) is 26.6. The first kappa shape index (κ1) is 37.7. The Morgan fingerprint density at radius 2 is 0.714 bits per heavy atom. The van der Waals surface area contributed by atoms with Crippen molar-refractivity contribution in [2.24, 2.45) is 0 Å². The van der Waals surface area contributed by atoms with Crippen molar-refractivity contribution in [2.75, 3.05) is 0 Å². The summed E-state index contributed by atoms with van der Waals surface area (Å²) in [6, 6.07) is 0. The quantitative estimate of drug-likeness (QED) is 0.0682. The van der Waals surface area contributed by atoms with Crippen molar-refractivity contribution >= 4 is 22.8 Å². The summed E-state index contributed by atoms with van der Waals surface area (Å²) in [6.07, 6.45) is -6.91. The van der Waals surface area contributed by atoms with Gasteiger partial charge in [0, 0.05) is 13.8 Å². The summed E-state index contributed by atoms with van der Waals surface area (Å²) in [5, 5.41) is 0. The summed E-state index contributed by atoms with van der Waals surface area (Å²) in [5.74, 6) is -44.3. The van der Waals surface area contributed by atoms with Gasteiger partial charge in [0.2, 0.25) is 0 Å². The summed E-state index contributed by atoms with van der Waals surface area (Å²) in [7, 11) is 0. The van der Waals surface area contributed by atoms with Crippen LogP contribution >= 0.6 is 0 Å². The number of nitrogens with zero attached hydrogens (tertiary/aromatic N) is 2. The summed E-state index contributed by atoms with van der Waals surface area (Å²) < 4.78 is 231. The Hall–Kier alpha value is -4.12. The molecule has 0 aliphatic rings. The van der Waals surface area contributed by atoms with Crippen LogP contribution in [0, 0.1) is 95.3 Å². The Bertz CT molecular complexity index is 1880. The van der Waals surface area contributed by atoms with Gasteiger partial charge in [-0.1, -0.05) is 16.4 Å². The lowest BCUT2D eigenvalue weighted by Crippen LogP contribution is -2.70. The highest BCUT2D eigenvalue weighted by Crippen LogP contribution is 2.36. The highest BCUT2D eigenvalue weighted by atomic mass is 19.2. The van der Waals surface area contributed by atoms with E-state index in [1.165, 1.54) is 64.5 Å². The smallest absolute Gasteiger partial charge is 0.296 e. The Morgan fingerprint density at radius 3 is 0.980 bits per heavy atom. The van der Waals surface area contributed by atoms with Gasteiger partial charge >= 0.3 is 0 Å². The first-order chi connectivity index (χ1) is 22.2. The molecule has 4 rings (SSSR count). The number of aromatic nitrogens is 2. The lowest BCUT2D eigenvalue weighted by Gasteiger charge is -2.37. The molecule has 0 bridgehead atoms. The van der Waals surface area contributed by atoms with Crippen molar-refractivity contribution in [3.8, 4) is 11.4 Å². The van der Waals surface area contributed by atoms with Crippen LogP contribution in [0.5, 0.6) is 0 Å². The number of rotatable bonds is 4. The van der Waals surface area contributed by atoms with Gasteiger partial charge in [-0.3, -0.25) is 0 Å². The third-order valence-electron chi connectivity index (χ3n) is 8.16. The SMILES string of the molecule is Cc1c(C)[n+](C(C)(C)C)c(-c2c(F)c(F)c([B-](F)(c3c(F)c(F)c(F)c(F)c3F)c3c(F)c(F)c(F)c(F)c3F)c(F)c2F)n1C(C)(C)C. The van der Waals surface area contributed by atoms with Crippen LogP contribution in [0.25, 0.3) is 11.4 Å². The van der Waals surface area contributed by atoms with E-state index in [1.54, 1.807) is 0 Å². The van der Waals surface area contributed by atoms with E-state index in [0.717, 1.165) is 0 Å². The van der Waals surface area contributed by atoms with Crippen molar-refractivity contribution in [1.29, 1.82) is 0 Å². The summed E-state index contributed by atoms with van der Waals surface area (Å²) in [4.78, 5) is 0. The molecule has 0 saturated heterocycles. The second kappa shape index (κ2) is 11.7. The molecule has 0 saturated carbocycles. The fraction of sp³-hybridized carbons (Fsp3) is 0.323. The number of benzene rings is 3. The fourth-order valence-corrected chi connectivity index (χ4v) is 6.18. The maximum absolute atomic E-state index is 17.4. The van der Waals surface area contributed by atoms with Gasteiger partial charge in [0.05, 0.1) is 0 Å². The highest BCUT2D eigenvalue weighted by Gasteiger charge is 2.50. The minimum absolute atomic E-state index is 0.257. The van der Waals surface area contributed by atoms with Gasteiger partial charge in [0.15, 0.2) is 46.5 Å². The Balaban J connectivity index is 2.38. The van der Waals surface area contributed by atoms with E-state index >= 15 is 39.4 Å². The van der Waals surface area contributed by atoms with Crippen LogP contribution in [-0.2, 0) is 11.1 Å². The third kappa shape index (κ3) is 5.18. The molecule has 0 amide bonds. The molecule has 1 heterocycles. The second-order valence-electron chi connectivity index (χ2n) is 13.3. The van der Waals surface area contributed by atoms with Crippen molar-refractivity contribution < 1.29 is 70.3 Å².